The number of halogens is 1. The van der Waals surface area contributed by atoms with E-state index in [1.807, 2.05) is 0 Å². The second-order valence-corrected chi connectivity index (χ2v) is 3.95. The van der Waals surface area contributed by atoms with Crippen LogP contribution in [0.4, 0.5) is 0 Å². The molecular formula is C10H20ClNO. The molecule has 0 aromatic heterocycles. The first kappa shape index (κ1) is 11.3. The number of rotatable bonds is 7. The zero-order chi connectivity index (χ0) is 9.36. The van der Waals surface area contributed by atoms with Crippen molar-refractivity contribution in [3.63, 3.8) is 0 Å². The summed E-state index contributed by atoms with van der Waals surface area (Å²) in [5.41, 5.74) is 0. The van der Waals surface area contributed by atoms with Crippen molar-refractivity contribution in [3.05, 3.63) is 0 Å². The first-order valence-corrected chi connectivity index (χ1v) is 5.85. The Balaban J connectivity index is 1.78. The second kappa shape index (κ2) is 7.60. The molecule has 13 heavy (non-hydrogen) atoms. The molecule has 0 spiro atoms. The predicted molar refractivity (Wildman–Crippen MR) is 56.4 cm³/mol. The van der Waals surface area contributed by atoms with E-state index >= 15 is 0 Å². The van der Waals surface area contributed by atoms with Crippen LogP contribution in [-0.4, -0.2) is 31.7 Å². The summed E-state index contributed by atoms with van der Waals surface area (Å²) in [5, 5.41) is 3.41. The number of unbranched alkanes of at least 4 members (excludes halogenated alkanes) is 1. The van der Waals surface area contributed by atoms with Crippen molar-refractivity contribution < 1.29 is 4.74 Å². The normalized spacial score (nSPS) is 22.4. The van der Waals surface area contributed by atoms with E-state index in [0.29, 0.717) is 6.10 Å². The lowest BCUT2D eigenvalue weighted by Crippen LogP contribution is -2.21. The molecule has 1 aliphatic rings. The summed E-state index contributed by atoms with van der Waals surface area (Å²) in [6.45, 7) is 3.16. The summed E-state index contributed by atoms with van der Waals surface area (Å²) in [6, 6.07) is 0. The first-order chi connectivity index (χ1) is 6.43. The van der Waals surface area contributed by atoms with Gasteiger partial charge in [-0.05, 0) is 45.2 Å². The van der Waals surface area contributed by atoms with Gasteiger partial charge in [-0.15, -0.1) is 11.6 Å². The summed E-state index contributed by atoms with van der Waals surface area (Å²) in [6.07, 6.45) is 6.51. The molecule has 1 unspecified atom stereocenters. The van der Waals surface area contributed by atoms with Gasteiger partial charge < -0.3 is 10.1 Å². The van der Waals surface area contributed by atoms with Crippen molar-refractivity contribution in [2.24, 2.45) is 0 Å². The third kappa shape index (κ3) is 5.50. The topological polar surface area (TPSA) is 21.3 Å². The summed E-state index contributed by atoms with van der Waals surface area (Å²) in [5.74, 6) is 0.785. The highest BCUT2D eigenvalue weighted by Crippen LogP contribution is 2.14. The van der Waals surface area contributed by atoms with Crippen LogP contribution < -0.4 is 5.32 Å². The van der Waals surface area contributed by atoms with Gasteiger partial charge in [-0.2, -0.15) is 0 Å². The predicted octanol–water partition coefficient (Wildman–Crippen LogP) is 2.16. The quantitative estimate of drug-likeness (QED) is 0.508. The Kier molecular flexibility index (Phi) is 6.60. The lowest BCUT2D eigenvalue weighted by Gasteiger charge is -2.09. The third-order valence-electron chi connectivity index (χ3n) is 2.40. The van der Waals surface area contributed by atoms with Gasteiger partial charge in [0.05, 0.1) is 6.10 Å². The van der Waals surface area contributed by atoms with Gasteiger partial charge in [-0.1, -0.05) is 0 Å². The molecule has 1 heterocycles. The van der Waals surface area contributed by atoms with Gasteiger partial charge in [-0.25, -0.2) is 0 Å². The van der Waals surface area contributed by atoms with Crippen molar-refractivity contribution >= 4 is 11.6 Å². The molecule has 0 aromatic carbocycles. The Hall–Kier alpha value is 0.210. The molecule has 3 heteroatoms. The third-order valence-corrected chi connectivity index (χ3v) is 2.67. The SMILES string of the molecule is ClCCCCNCCC1CCCO1. The lowest BCUT2D eigenvalue weighted by atomic mass is 10.2. The fourth-order valence-corrected chi connectivity index (χ4v) is 1.79. The highest BCUT2D eigenvalue weighted by atomic mass is 35.5. The summed E-state index contributed by atoms with van der Waals surface area (Å²) in [4.78, 5) is 0. The van der Waals surface area contributed by atoms with Crippen molar-refractivity contribution in [1.29, 1.82) is 0 Å². The van der Waals surface area contributed by atoms with Crippen molar-refractivity contribution in [1.82, 2.24) is 5.32 Å². The Morgan fingerprint density at radius 2 is 2.23 bits per heavy atom. The van der Waals surface area contributed by atoms with Gasteiger partial charge >= 0.3 is 0 Å². The van der Waals surface area contributed by atoms with Gasteiger partial charge in [0.1, 0.15) is 0 Å². The molecule has 0 bridgehead atoms. The molecule has 1 saturated heterocycles. The molecule has 0 amide bonds. The number of hydrogen-bond donors (Lipinski definition) is 1. The number of ether oxygens (including phenoxy) is 1. The molecule has 1 aliphatic heterocycles. The van der Waals surface area contributed by atoms with Gasteiger partial charge in [0.2, 0.25) is 0 Å². The summed E-state index contributed by atoms with van der Waals surface area (Å²) < 4.78 is 5.52. The minimum atomic E-state index is 0.528. The number of alkyl halides is 1. The Labute approximate surface area is 86.0 Å². The fraction of sp³-hybridized carbons (Fsp3) is 1.00. The van der Waals surface area contributed by atoms with Crippen LogP contribution in [0, 0.1) is 0 Å². The molecule has 1 atom stereocenters. The standard InChI is InChI=1S/C10H20ClNO/c11-6-1-2-7-12-8-5-10-4-3-9-13-10/h10,12H,1-9H2. The van der Waals surface area contributed by atoms with Crippen LogP contribution in [-0.2, 0) is 4.74 Å². The highest BCUT2D eigenvalue weighted by molar-refractivity contribution is 6.17. The zero-order valence-electron chi connectivity index (χ0n) is 8.23. The van der Waals surface area contributed by atoms with Crippen LogP contribution in [0.15, 0.2) is 0 Å². The van der Waals surface area contributed by atoms with E-state index in [1.165, 1.54) is 25.7 Å². The van der Waals surface area contributed by atoms with Gasteiger partial charge in [0.25, 0.3) is 0 Å². The van der Waals surface area contributed by atoms with Crippen LogP contribution >= 0.6 is 11.6 Å². The van der Waals surface area contributed by atoms with Crippen LogP contribution in [0.1, 0.15) is 32.1 Å². The van der Waals surface area contributed by atoms with Gasteiger partial charge in [0.15, 0.2) is 0 Å². The molecule has 2 nitrogen and oxygen atoms in total. The van der Waals surface area contributed by atoms with E-state index < -0.39 is 0 Å². The lowest BCUT2D eigenvalue weighted by molar-refractivity contribution is 0.104. The van der Waals surface area contributed by atoms with Crippen molar-refractivity contribution in [2.75, 3.05) is 25.6 Å². The Morgan fingerprint density at radius 1 is 1.31 bits per heavy atom. The number of hydrogen-bond acceptors (Lipinski definition) is 2. The highest BCUT2D eigenvalue weighted by Gasteiger charge is 2.13. The van der Waals surface area contributed by atoms with Gasteiger partial charge in [-0.3, -0.25) is 0 Å². The molecule has 1 fully saturated rings. The van der Waals surface area contributed by atoms with E-state index in [9.17, 15) is 0 Å². The Bertz CT molecular complexity index is 115. The van der Waals surface area contributed by atoms with E-state index in [1.54, 1.807) is 0 Å². The van der Waals surface area contributed by atoms with Crippen LogP contribution in [0.2, 0.25) is 0 Å². The number of nitrogens with one attached hydrogen (secondary N) is 1. The van der Waals surface area contributed by atoms with Gasteiger partial charge in [0, 0.05) is 12.5 Å². The maximum absolute atomic E-state index is 5.57. The zero-order valence-corrected chi connectivity index (χ0v) is 8.98. The summed E-state index contributed by atoms with van der Waals surface area (Å²) >= 11 is 5.57. The first-order valence-electron chi connectivity index (χ1n) is 5.32. The molecule has 1 N–H and O–H groups in total. The minimum Gasteiger partial charge on any atom is -0.378 e. The molecule has 1 rings (SSSR count). The van der Waals surface area contributed by atoms with Crippen LogP contribution in [0.3, 0.4) is 0 Å². The molecule has 0 radical (unpaired) electrons. The summed E-state index contributed by atoms with van der Waals surface area (Å²) in [7, 11) is 0. The maximum Gasteiger partial charge on any atom is 0.0588 e. The largest absolute Gasteiger partial charge is 0.378 e. The monoisotopic (exact) mass is 205 g/mol. The molecular weight excluding hydrogens is 186 g/mol. The van der Waals surface area contributed by atoms with Crippen molar-refractivity contribution in [3.8, 4) is 0 Å². The smallest absolute Gasteiger partial charge is 0.0588 e. The minimum absolute atomic E-state index is 0.528. The van der Waals surface area contributed by atoms with Crippen LogP contribution in [0.5, 0.6) is 0 Å². The average Bonchev–Trinajstić information content (AvgIpc) is 2.63. The molecule has 78 valence electrons. The maximum atomic E-state index is 5.57. The van der Waals surface area contributed by atoms with E-state index in [4.69, 9.17) is 16.3 Å². The fourth-order valence-electron chi connectivity index (χ4n) is 1.60. The van der Waals surface area contributed by atoms with E-state index in [2.05, 4.69) is 5.32 Å². The second-order valence-electron chi connectivity index (χ2n) is 3.57. The molecule has 0 aliphatic carbocycles. The molecule has 0 aromatic rings. The van der Waals surface area contributed by atoms with Crippen LogP contribution in [0.25, 0.3) is 0 Å². The molecule has 0 saturated carbocycles. The van der Waals surface area contributed by atoms with E-state index in [-0.39, 0.29) is 0 Å². The van der Waals surface area contributed by atoms with Crippen molar-refractivity contribution in [2.45, 2.75) is 38.2 Å². The van der Waals surface area contributed by atoms with E-state index in [0.717, 1.165) is 32.0 Å². The Morgan fingerprint density at radius 3 is 2.92 bits per heavy atom. The average molecular weight is 206 g/mol.